The highest BCUT2D eigenvalue weighted by molar-refractivity contribution is 8.00. The summed E-state index contributed by atoms with van der Waals surface area (Å²) in [7, 11) is 0. The molecule has 9 nitrogen and oxygen atoms in total. The molecule has 5 aliphatic rings. The lowest BCUT2D eigenvalue weighted by molar-refractivity contribution is 0.828. The van der Waals surface area contributed by atoms with E-state index >= 15 is 0 Å². The van der Waals surface area contributed by atoms with Gasteiger partial charge < -0.3 is 9.47 Å². The standard InChI is InChI=1S/C72H44BN9S/c1-6-20-45(21-7-1)46-34-37-52(38-35-46)80-61-41-36-51(69-78-71-76-67(49-26-12-4-13-27-49)74-70-75-68(50-28-14-5-15-29-50)77-72(79-69)82(70)71)42-58(61)73-57-40-39-53(81-59-32-18-16-30-54(59)55-31-17-19-33-60(55)81)43-63(57)83-66-64(48-24-10-3-11-25-48)56(44-62(80)65(66)73)47-22-8-2-9-23-47/h1-44H. The van der Waals surface area contributed by atoms with Crippen molar-refractivity contribution < 1.29 is 0 Å². The molecule has 11 aromatic carbocycles. The molecular formula is C72H44BN9S. The van der Waals surface area contributed by atoms with Gasteiger partial charge in [0, 0.05) is 65.6 Å². The van der Waals surface area contributed by atoms with E-state index in [1.165, 1.54) is 59.2 Å². The van der Waals surface area contributed by atoms with Gasteiger partial charge in [0.25, 0.3) is 0 Å². The zero-order valence-corrected chi connectivity index (χ0v) is 45.2. The fraction of sp³-hybridized carbons (Fsp3) is 0. The minimum atomic E-state index is -0.209. The number of amidine groups is 3. The summed E-state index contributed by atoms with van der Waals surface area (Å²) in [5.74, 6) is 2.73. The molecular weight excluding hydrogens is 1030 g/mol. The van der Waals surface area contributed by atoms with Gasteiger partial charge in [-0.1, -0.05) is 230 Å². The first-order valence-electron chi connectivity index (χ1n) is 27.8. The van der Waals surface area contributed by atoms with E-state index < -0.39 is 0 Å². The number of nitrogens with zero attached hydrogens (tertiary/aromatic N) is 9. The highest BCUT2D eigenvalue weighted by Gasteiger charge is 2.44. The summed E-state index contributed by atoms with van der Waals surface area (Å²) < 4.78 is 2.43. The predicted octanol–water partition coefficient (Wildman–Crippen LogP) is 14.6. The van der Waals surface area contributed by atoms with Crippen molar-refractivity contribution in [2.24, 2.45) is 30.0 Å². The Bertz CT molecular complexity index is 4770. The number of fused-ring (bicyclic) bond motifs is 7. The largest absolute Gasteiger partial charge is 0.311 e. The van der Waals surface area contributed by atoms with Crippen molar-refractivity contribution in [1.82, 2.24) is 9.47 Å². The molecule has 0 unspecified atom stereocenters. The highest BCUT2D eigenvalue weighted by Crippen LogP contribution is 2.50. The lowest BCUT2D eigenvalue weighted by Crippen LogP contribution is -2.60. The number of anilines is 3. The maximum atomic E-state index is 5.31. The van der Waals surface area contributed by atoms with Crippen LogP contribution >= 0.6 is 11.8 Å². The van der Waals surface area contributed by atoms with E-state index in [1.807, 2.05) is 72.4 Å². The molecule has 1 aromatic heterocycles. The van der Waals surface area contributed by atoms with Gasteiger partial charge in [-0.05, 0) is 93.3 Å². The van der Waals surface area contributed by atoms with Crippen molar-refractivity contribution in [3.8, 4) is 39.1 Å². The Morgan fingerprint density at radius 3 is 1.37 bits per heavy atom. The predicted molar refractivity (Wildman–Crippen MR) is 344 cm³/mol. The van der Waals surface area contributed by atoms with Crippen LogP contribution in [0.25, 0.3) is 60.9 Å². The van der Waals surface area contributed by atoms with Crippen molar-refractivity contribution in [3.05, 3.63) is 284 Å². The van der Waals surface area contributed by atoms with Crippen LogP contribution < -0.4 is 21.3 Å². The third kappa shape index (κ3) is 7.66. The molecule has 83 heavy (non-hydrogen) atoms. The molecule has 0 spiro atoms. The molecule has 0 atom stereocenters. The Labute approximate surface area is 483 Å². The summed E-state index contributed by atoms with van der Waals surface area (Å²) in [4.78, 5) is 37.5. The minimum absolute atomic E-state index is 0.209. The van der Waals surface area contributed by atoms with Crippen LogP contribution in [0.15, 0.2) is 307 Å². The monoisotopic (exact) mass is 1080 g/mol. The first-order chi connectivity index (χ1) is 41.1. The number of benzene rings is 11. The summed E-state index contributed by atoms with van der Waals surface area (Å²) >= 11 is 1.88. The second kappa shape index (κ2) is 18.9. The Morgan fingerprint density at radius 2 is 0.795 bits per heavy atom. The third-order valence-electron chi connectivity index (χ3n) is 16.3. The molecule has 0 aliphatic carbocycles. The van der Waals surface area contributed by atoms with E-state index in [1.54, 1.807) is 4.90 Å². The van der Waals surface area contributed by atoms with Crippen molar-refractivity contribution >= 4 is 109 Å². The number of hydrogen-bond acceptors (Lipinski definition) is 9. The van der Waals surface area contributed by atoms with Crippen LogP contribution in [0.5, 0.6) is 0 Å². The van der Waals surface area contributed by atoms with E-state index in [9.17, 15) is 0 Å². The van der Waals surface area contributed by atoms with E-state index in [0.717, 1.165) is 61.6 Å². The van der Waals surface area contributed by atoms with E-state index in [2.05, 4.69) is 216 Å². The van der Waals surface area contributed by atoms with Crippen LogP contribution in [0, 0.1) is 0 Å². The van der Waals surface area contributed by atoms with Gasteiger partial charge in [0.1, 0.15) is 0 Å². The molecule has 17 rings (SSSR count). The number of guanidine groups is 3. The van der Waals surface area contributed by atoms with Crippen molar-refractivity contribution in [1.29, 1.82) is 0 Å². The van der Waals surface area contributed by atoms with Gasteiger partial charge in [-0.2, -0.15) is 30.0 Å². The quantitative estimate of drug-likeness (QED) is 0.142. The summed E-state index contributed by atoms with van der Waals surface area (Å²) in [5.41, 5.74) is 19.8. The van der Waals surface area contributed by atoms with Crippen molar-refractivity contribution in [3.63, 3.8) is 0 Å². The van der Waals surface area contributed by atoms with Gasteiger partial charge in [0.2, 0.25) is 24.6 Å². The number of hydrogen-bond donors (Lipinski definition) is 0. The average molecular weight is 1080 g/mol. The Kier molecular flexibility index (Phi) is 10.7. The van der Waals surface area contributed by atoms with Gasteiger partial charge >= 0.3 is 0 Å². The first kappa shape index (κ1) is 47.1. The molecule has 0 bridgehead atoms. The van der Waals surface area contributed by atoms with Gasteiger partial charge in [-0.25, -0.2) is 4.90 Å². The zero-order chi connectivity index (χ0) is 54.5. The fourth-order valence-corrected chi connectivity index (χ4v) is 13.9. The Morgan fingerprint density at radius 1 is 0.325 bits per heavy atom. The maximum absolute atomic E-state index is 5.31. The van der Waals surface area contributed by atoms with Crippen LogP contribution in [-0.2, 0) is 0 Å². The van der Waals surface area contributed by atoms with Crippen molar-refractivity contribution in [2.75, 3.05) is 4.90 Å². The third-order valence-corrected chi connectivity index (χ3v) is 17.5. The molecule has 6 heterocycles. The molecule has 11 heteroatoms. The smallest absolute Gasteiger partial charge is 0.249 e. The Hall–Kier alpha value is -10.7. The zero-order valence-electron chi connectivity index (χ0n) is 44.4. The molecule has 0 amide bonds. The van der Waals surface area contributed by atoms with Gasteiger partial charge in [0.05, 0.1) is 11.0 Å². The molecule has 12 aromatic rings. The lowest BCUT2D eigenvalue weighted by atomic mass is 9.34. The van der Waals surface area contributed by atoms with Gasteiger partial charge in [0.15, 0.2) is 17.5 Å². The van der Waals surface area contributed by atoms with Crippen LogP contribution in [-0.4, -0.2) is 51.6 Å². The number of rotatable bonds is 8. The molecule has 0 saturated heterocycles. The maximum Gasteiger partial charge on any atom is 0.249 e. The summed E-state index contributed by atoms with van der Waals surface area (Å²) in [6, 6.07) is 95.2. The molecule has 0 fully saturated rings. The van der Waals surface area contributed by atoms with Crippen molar-refractivity contribution in [2.45, 2.75) is 9.79 Å². The second-order valence-electron chi connectivity index (χ2n) is 21.1. The normalized spacial score (nSPS) is 14.6. The van der Waals surface area contributed by atoms with Crippen LogP contribution in [0.2, 0.25) is 0 Å². The Balaban J connectivity index is 0.924. The molecule has 5 aliphatic heterocycles. The molecule has 0 saturated carbocycles. The van der Waals surface area contributed by atoms with Crippen LogP contribution in [0.4, 0.5) is 17.1 Å². The van der Waals surface area contributed by atoms with Crippen LogP contribution in [0.1, 0.15) is 16.7 Å². The molecule has 0 N–H and O–H groups in total. The highest BCUT2D eigenvalue weighted by atomic mass is 32.2. The van der Waals surface area contributed by atoms with Gasteiger partial charge in [-0.3, -0.25) is 0 Å². The first-order valence-corrected chi connectivity index (χ1v) is 28.6. The molecule has 0 radical (unpaired) electrons. The number of aliphatic imine (C=N–C) groups is 6. The van der Waals surface area contributed by atoms with E-state index in [4.69, 9.17) is 30.0 Å². The average Bonchev–Trinajstić information content (AvgIpc) is 2.10. The number of aromatic nitrogens is 1. The molecule has 386 valence electrons. The number of para-hydroxylation sites is 2. The summed E-state index contributed by atoms with van der Waals surface area (Å²) in [6.07, 6.45) is 0. The van der Waals surface area contributed by atoms with E-state index in [-0.39, 0.29) is 6.71 Å². The fourth-order valence-electron chi connectivity index (χ4n) is 12.6. The summed E-state index contributed by atoms with van der Waals surface area (Å²) in [5, 5.41) is 2.46. The van der Waals surface area contributed by atoms with Crippen LogP contribution in [0.3, 0.4) is 0 Å². The minimum Gasteiger partial charge on any atom is -0.311 e. The topological polar surface area (TPSA) is 85.6 Å². The lowest BCUT2D eigenvalue weighted by Gasteiger charge is -2.42. The van der Waals surface area contributed by atoms with E-state index in [0.29, 0.717) is 35.4 Å². The van der Waals surface area contributed by atoms with Gasteiger partial charge in [-0.15, -0.1) is 0 Å². The summed E-state index contributed by atoms with van der Waals surface area (Å²) in [6.45, 7) is -0.209. The SMILES string of the molecule is c1ccc(C2=NC3=NC(c4ccccc4)=NC4=NC(c5ccc6c(c5)B5c7ccc(-n8c9ccccc9c9ccccc98)cc7Sc7c5c(cc(-c5ccccc5)c7-c5ccccc5)N6c5ccc(-c6ccccc6)cc5)=NC(=N2)N34)cc1. The second-order valence-corrected chi connectivity index (χ2v) is 22.1.